The minimum Gasteiger partial charge on any atom is -0.351 e. The zero-order chi connectivity index (χ0) is 16.9. The van der Waals surface area contributed by atoms with Crippen LogP contribution in [0.3, 0.4) is 0 Å². The molecule has 0 aliphatic carbocycles. The molecule has 4 nitrogen and oxygen atoms in total. The molecule has 0 spiro atoms. The van der Waals surface area contributed by atoms with Gasteiger partial charge in [-0.3, -0.25) is 9.69 Å². The number of halogens is 1. The standard InChI is InChI=1S/C18H22FN3OS/c1-13-20-9-17(24-13)10-21-18(23)15-5-3-7-22(12-15)11-14-4-2-6-16(19)8-14/h2,4,6,8-9,15H,3,5,7,10-12H2,1H3,(H,21,23). The normalized spacial score (nSPS) is 18.5. The Morgan fingerprint density at radius 1 is 1.50 bits per heavy atom. The van der Waals surface area contributed by atoms with Crippen LogP contribution in [0.2, 0.25) is 0 Å². The molecule has 1 amide bonds. The van der Waals surface area contributed by atoms with E-state index >= 15 is 0 Å². The number of nitrogens with zero attached hydrogens (tertiary/aromatic N) is 2. The van der Waals surface area contributed by atoms with Crippen LogP contribution in [0.5, 0.6) is 0 Å². The predicted molar refractivity (Wildman–Crippen MR) is 93.1 cm³/mol. The highest BCUT2D eigenvalue weighted by Crippen LogP contribution is 2.19. The van der Waals surface area contributed by atoms with Crippen molar-refractivity contribution in [2.75, 3.05) is 13.1 Å². The molecule has 1 unspecified atom stereocenters. The van der Waals surface area contributed by atoms with E-state index in [0.717, 1.165) is 41.4 Å². The van der Waals surface area contributed by atoms with Crippen LogP contribution >= 0.6 is 11.3 Å². The molecule has 3 rings (SSSR count). The summed E-state index contributed by atoms with van der Waals surface area (Å²) >= 11 is 1.61. The molecule has 24 heavy (non-hydrogen) atoms. The highest BCUT2D eigenvalue weighted by Gasteiger charge is 2.25. The van der Waals surface area contributed by atoms with E-state index in [0.29, 0.717) is 13.1 Å². The number of likely N-dealkylation sites (tertiary alicyclic amines) is 1. The lowest BCUT2D eigenvalue weighted by molar-refractivity contribution is -0.126. The number of rotatable bonds is 5. The lowest BCUT2D eigenvalue weighted by atomic mass is 9.96. The molecular formula is C18H22FN3OS. The van der Waals surface area contributed by atoms with E-state index in [9.17, 15) is 9.18 Å². The maximum Gasteiger partial charge on any atom is 0.224 e. The van der Waals surface area contributed by atoms with Gasteiger partial charge in [0.15, 0.2) is 0 Å². The largest absolute Gasteiger partial charge is 0.351 e. The minimum absolute atomic E-state index is 0.00123. The topological polar surface area (TPSA) is 45.2 Å². The van der Waals surface area contributed by atoms with Gasteiger partial charge in [0.05, 0.1) is 17.5 Å². The molecule has 2 aromatic rings. The lowest BCUT2D eigenvalue weighted by Crippen LogP contribution is -2.42. The SMILES string of the molecule is Cc1ncc(CNC(=O)C2CCCN(Cc3cccc(F)c3)C2)s1. The van der Waals surface area contributed by atoms with E-state index in [1.165, 1.54) is 6.07 Å². The summed E-state index contributed by atoms with van der Waals surface area (Å²) in [6.45, 7) is 4.88. The number of nitrogens with one attached hydrogen (secondary N) is 1. The average molecular weight is 347 g/mol. The molecule has 1 saturated heterocycles. The van der Waals surface area contributed by atoms with Crippen LogP contribution in [0.15, 0.2) is 30.5 Å². The van der Waals surface area contributed by atoms with Crippen molar-refractivity contribution < 1.29 is 9.18 Å². The average Bonchev–Trinajstić information content (AvgIpc) is 2.98. The second-order valence-corrected chi connectivity index (χ2v) is 7.59. The van der Waals surface area contributed by atoms with E-state index in [-0.39, 0.29) is 17.6 Å². The number of hydrogen-bond acceptors (Lipinski definition) is 4. The first-order valence-corrected chi connectivity index (χ1v) is 9.07. The van der Waals surface area contributed by atoms with Crippen LogP contribution in [-0.2, 0) is 17.9 Å². The molecule has 0 bridgehead atoms. The van der Waals surface area contributed by atoms with Gasteiger partial charge < -0.3 is 5.32 Å². The van der Waals surface area contributed by atoms with E-state index in [2.05, 4.69) is 15.2 Å². The van der Waals surface area contributed by atoms with E-state index in [1.807, 2.05) is 19.2 Å². The predicted octanol–water partition coefficient (Wildman–Crippen LogP) is 3.12. The van der Waals surface area contributed by atoms with Gasteiger partial charge in [-0.05, 0) is 44.0 Å². The molecule has 1 N–H and O–H groups in total. The summed E-state index contributed by atoms with van der Waals surface area (Å²) in [5.41, 5.74) is 0.955. The van der Waals surface area contributed by atoms with Crippen molar-refractivity contribution in [3.05, 3.63) is 51.7 Å². The van der Waals surface area contributed by atoms with Gasteiger partial charge in [0.1, 0.15) is 5.82 Å². The molecule has 1 aromatic carbocycles. The summed E-state index contributed by atoms with van der Waals surface area (Å²) in [6.07, 6.45) is 3.72. The molecule has 0 saturated carbocycles. The quantitative estimate of drug-likeness (QED) is 0.904. The second kappa shape index (κ2) is 7.85. The van der Waals surface area contributed by atoms with Crippen molar-refractivity contribution in [1.29, 1.82) is 0 Å². The van der Waals surface area contributed by atoms with Gasteiger partial charge in [-0.15, -0.1) is 11.3 Å². The molecule has 1 aliphatic heterocycles. The number of carbonyl (C=O) groups excluding carboxylic acids is 1. The number of aromatic nitrogens is 1. The van der Waals surface area contributed by atoms with E-state index in [4.69, 9.17) is 0 Å². The summed E-state index contributed by atoms with van der Waals surface area (Å²) < 4.78 is 13.3. The molecule has 1 aromatic heterocycles. The maximum atomic E-state index is 13.3. The lowest BCUT2D eigenvalue weighted by Gasteiger charge is -2.32. The molecule has 1 atom stereocenters. The molecule has 2 heterocycles. The summed E-state index contributed by atoms with van der Waals surface area (Å²) in [6, 6.07) is 6.68. The highest BCUT2D eigenvalue weighted by molar-refractivity contribution is 7.11. The first-order valence-electron chi connectivity index (χ1n) is 8.26. The summed E-state index contributed by atoms with van der Waals surface area (Å²) in [5, 5.41) is 4.03. The van der Waals surface area contributed by atoms with Gasteiger partial charge >= 0.3 is 0 Å². The fraction of sp³-hybridized carbons (Fsp3) is 0.444. The molecule has 6 heteroatoms. The number of piperidine rings is 1. The Morgan fingerprint density at radius 2 is 2.38 bits per heavy atom. The maximum absolute atomic E-state index is 13.3. The summed E-state index contributed by atoms with van der Waals surface area (Å²) in [5.74, 6) is -0.107. The van der Waals surface area contributed by atoms with Crippen molar-refractivity contribution in [2.45, 2.75) is 32.9 Å². The van der Waals surface area contributed by atoms with Gasteiger partial charge in [0.25, 0.3) is 0 Å². The summed E-state index contributed by atoms with van der Waals surface area (Å²) in [7, 11) is 0. The molecular weight excluding hydrogens is 325 g/mol. The van der Waals surface area contributed by atoms with Crippen molar-refractivity contribution >= 4 is 17.2 Å². The molecule has 1 aliphatic rings. The van der Waals surface area contributed by atoms with Crippen LogP contribution in [0.1, 0.15) is 28.3 Å². The number of hydrogen-bond donors (Lipinski definition) is 1. The monoisotopic (exact) mass is 347 g/mol. The number of amides is 1. The van der Waals surface area contributed by atoms with Gasteiger partial charge in [-0.25, -0.2) is 9.37 Å². The molecule has 128 valence electrons. The highest BCUT2D eigenvalue weighted by atomic mass is 32.1. The Kier molecular flexibility index (Phi) is 5.58. The fourth-order valence-electron chi connectivity index (χ4n) is 3.11. The third-order valence-electron chi connectivity index (χ3n) is 4.28. The van der Waals surface area contributed by atoms with Crippen LogP contribution < -0.4 is 5.32 Å². The molecule has 0 radical (unpaired) electrons. The van der Waals surface area contributed by atoms with Crippen LogP contribution in [0.25, 0.3) is 0 Å². The first kappa shape index (κ1) is 17.0. The Bertz CT molecular complexity index is 703. The molecule has 1 fully saturated rings. The van der Waals surface area contributed by atoms with Crippen molar-refractivity contribution in [3.63, 3.8) is 0 Å². The third-order valence-corrected chi connectivity index (χ3v) is 5.19. The first-order chi connectivity index (χ1) is 11.6. The van der Waals surface area contributed by atoms with Crippen LogP contribution in [0.4, 0.5) is 4.39 Å². The van der Waals surface area contributed by atoms with E-state index in [1.54, 1.807) is 23.5 Å². The summed E-state index contributed by atoms with van der Waals surface area (Å²) in [4.78, 5) is 19.9. The zero-order valence-corrected chi connectivity index (χ0v) is 14.6. The van der Waals surface area contributed by atoms with Crippen molar-refractivity contribution in [2.24, 2.45) is 5.92 Å². The van der Waals surface area contributed by atoms with Crippen LogP contribution in [0, 0.1) is 18.7 Å². The van der Waals surface area contributed by atoms with Crippen molar-refractivity contribution in [1.82, 2.24) is 15.2 Å². The number of aryl methyl sites for hydroxylation is 1. The minimum atomic E-state index is -0.210. The third kappa shape index (κ3) is 4.61. The van der Waals surface area contributed by atoms with Crippen molar-refractivity contribution in [3.8, 4) is 0 Å². The van der Waals surface area contributed by atoms with E-state index < -0.39 is 0 Å². The number of benzene rings is 1. The van der Waals surface area contributed by atoms with Gasteiger partial charge in [-0.2, -0.15) is 0 Å². The smallest absolute Gasteiger partial charge is 0.224 e. The van der Waals surface area contributed by atoms with Gasteiger partial charge in [0.2, 0.25) is 5.91 Å². The van der Waals surface area contributed by atoms with Crippen LogP contribution in [-0.4, -0.2) is 28.9 Å². The van der Waals surface area contributed by atoms with Gasteiger partial charge in [0, 0.05) is 24.2 Å². The Balaban J connectivity index is 1.51. The zero-order valence-electron chi connectivity index (χ0n) is 13.8. The Hall–Kier alpha value is -1.79. The number of carbonyl (C=O) groups is 1. The fourth-order valence-corrected chi connectivity index (χ4v) is 3.85. The Labute approximate surface area is 145 Å². The second-order valence-electron chi connectivity index (χ2n) is 6.27. The number of thiazole rings is 1. The Morgan fingerprint density at radius 3 is 3.12 bits per heavy atom. The van der Waals surface area contributed by atoms with Gasteiger partial charge in [-0.1, -0.05) is 12.1 Å².